The van der Waals surface area contributed by atoms with Crippen LogP contribution >= 0.6 is 0 Å². The maximum Gasteiger partial charge on any atom is 0.234 e. The first-order chi connectivity index (χ1) is 8.43. The summed E-state index contributed by atoms with van der Waals surface area (Å²) in [5.74, 6) is 5.65. The van der Waals surface area contributed by atoms with Gasteiger partial charge in [-0.05, 0) is 29.5 Å². The summed E-state index contributed by atoms with van der Waals surface area (Å²) in [6.45, 7) is 7.04. The van der Waals surface area contributed by atoms with E-state index in [1.807, 2.05) is 12.1 Å². The van der Waals surface area contributed by atoms with E-state index < -0.39 is 0 Å². The summed E-state index contributed by atoms with van der Waals surface area (Å²) in [4.78, 5) is 10.9. The Labute approximate surface area is 108 Å². The van der Waals surface area contributed by atoms with Gasteiger partial charge in [-0.15, -0.1) is 0 Å². The third-order valence-corrected chi connectivity index (χ3v) is 2.70. The van der Waals surface area contributed by atoms with Crippen molar-refractivity contribution >= 4 is 5.91 Å². The van der Waals surface area contributed by atoms with Gasteiger partial charge in [0.1, 0.15) is 5.75 Å². The van der Waals surface area contributed by atoms with Gasteiger partial charge in [0.25, 0.3) is 0 Å². The van der Waals surface area contributed by atoms with E-state index in [4.69, 9.17) is 10.6 Å². The van der Waals surface area contributed by atoms with Crippen LogP contribution in [0.5, 0.6) is 5.75 Å². The fourth-order valence-corrected chi connectivity index (χ4v) is 1.55. The minimum Gasteiger partial charge on any atom is -0.494 e. The van der Waals surface area contributed by atoms with Crippen LogP contribution in [0, 0.1) is 0 Å². The van der Waals surface area contributed by atoms with E-state index in [1.165, 1.54) is 5.56 Å². The van der Waals surface area contributed by atoms with Crippen molar-refractivity contribution in [2.24, 2.45) is 5.84 Å². The maximum absolute atomic E-state index is 10.9. The van der Waals surface area contributed by atoms with Gasteiger partial charge in [-0.3, -0.25) is 10.2 Å². The smallest absolute Gasteiger partial charge is 0.234 e. The number of nitrogens with one attached hydrogen (secondary N) is 1. The van der Waals surface area contributed by atoms with E-state index in [0.29, 0.717) is 19.4 Å². The van der Waals surface area contributed by atoms with Crippen molar-refractivity contribution in [1.29, 1.82) is 0 Å². The van der Waals surface area contributed by atoms with Gasteiger partial charge in [-0.1, -0.05) is 32.9 Å². The van der Waals surface area contributed by atoms with Crippen molar-refractivity contribution in [2.75, 3.05) is 6.61 Å². The molecule has 0 fully saturated rings. The second kappa shape index (κ2) is 6.40. The molecule has 18 heavy (non-hydrogen) atoms. The number of hydrogen-bond donors (Lipinski definition) is 2. The minimum atomic E-state index is -0.165. The number of hydrogen-bond acceptors (Lipinski definition) is 3. The van der Waals surface area contributed by atoms with Crippen LogP contribution in [-0.2, 0) is 10.2 Å². The van der Waals surface area contributed by atoms with Crippen LogP contribution in [0.15, 0.2) is 24.3 Å². The van der Waals surface area contributed by atoms with Crippen molar-refractivity contribution in [2.45, 2.75) is 39.0 Å². The van der Waals surface area contributed by atoms with Crippen LogP contribution < -0.4 is 16.0 Å². The molecule has 1 aromatic carbocycles. The summed E-state index contributed by atoms with van der Waals surface area (Å²) in [6.07, 6.45) is 1.04. The molecule has 0 spiro atoms. The average Bonchev–Trinajstić information content (AvgIpc) is 2.33. The Morgan fingerprint density at radius 3 is 2.39 bits per heavy atom. The van der Waals surface area contributed by atoms with Gasteiger partial charge in [-0.2, -0.15) is 0 Å². The molecule has 0 aliphatic heterocycles. The SMILES string of the molecule is CC(C)(C)c1ccc(OCCCC(=O)NN)cc1. The fourth-order valence-electron chi connectivity index (χ4n) is 1.55. The Balaban J connectivity index is 2.38. The lowest BCUT2D eigenvalue weighted by Gasteiger charge is -2.19. The van der Waals surface area contributed by atoms with Crippen molar-refractivity contribution in [3.63, 3.8) is 0 Å². The predicted octanol–water partition coefficient (Wildman–Crippen LogP) is 2.13. The van der Waals surface area contributed by atoms with E-state index in [1.54, 1.807) is 0 Å². The summed E-state index contributed by atoms with van der Waals surface area (Å²) < 4.78 is 5.55. The lowest BCUT2D eigenvalue weighted by Crippen LogP contribution is -2.29. The van der Waals surface area contributed by atoms with Crippen molar-refractivity contribution in [3.8, 4) is 5.75 Å². The Bertz CT molecular complexity index is 380. The molecule has 100 valence electrons. The third-order valence-electron chi connectivity index (χ3n) is 2.70. The van der Waals surface area contributed by atoms with E-state index in [2.05, 4.69) is 38.3 Å². The molecule has 0 bridgehead atoms. The standard InChI is InChI=1S/C14H22N2O2/c1-14(2,3)11-6-8-12(9-7-11)18-10-4-5-13(17)16-15/h6-9H,4-5,10,15H2,1-3H3,(H,16,17). The van der Waals surface area contributed by atoms with Crippen molar-refractivity contribution < 1.29 is 9.53 Å². The average molecular weight is 250 g/mol. The van der Waals surface area contributed by atoms with Crippen LogP contribution in [-0.4, -0.2) is 12.5 Å². The Morgan fingerprint density at radius 2 is 1.89 bits per heavy atom. The van der Waals surface area contributed by atoms with E-state index in [0.717, 1.165) is 5.75 Å². The predicted molar refractivity (Wildman–Crippen MR) is 72.2 cm³/mol. The second-order valence-corrected chi connectivity index (χ2v) is 5.29. The lowest BCUT2D eigenvalue weighted by molar-refractivity contribution is -0.121. The summed E-state index contributed by atoms with van der Waals surface area (Å²) in [6, 6.07) is 8.07. The lowest BCUT2D eigenvalue weighted by atomic mass is 9.87. The highest BCUT2D eigenvalue weighted by Gasteiger charge is 2.12. The van der Waals surface area contributed by atoms with Gasteiger partial charge in [0, 0.05) is 6.42 Å². The monoisotopic (exact) mass is 250 g/mol. The number of carbonyl (C=O) groups is 1. The molecular formula is C14H22N2O2. The second-order valence-electron chi connectivity index (χ2n) is 5.29. The molecule has 1 rings (SSSR count). The molecule has 0 saturated carbocycles. The van der Waals surface area contributed by atoms with Gasteiger partial charge in [0.05, 0.1) is 6.61 Å². The number of rotatable bonds is 5. The highest BCUT2D eigenvalue weighted by atomic mass is 16.5. The minimum absolute atomic E-state index is 0.151. The summed E-state index contributed by atoms with van der Waals surface area (Å²) in [5.41, 5.74) is 3.52. The van der Waals surface area contributed by atoms with Crippen LogP contribution in [0.4, 0.5) is 0 Å². The fraction of sp³-hybridized carbons (Fsp3) is 0.500. The van der Waals surface area contributed by atoms with E-state index in [-0.39, 0.29) is 11.3 Å². The molecule has 1 amide bonds. The number of amides is 1. The molecule has 3 N–H and O–H groups in total. The zero-order valence-electron chi connectivity index (χ0n) is 11.3. The molecule has 0 saturated heterocycles. The van der Waals surface area contributed by atoms with E-state index >= 15 is 0 Å². The Morgan fingerprint density at radius 1 is 1.28 bits per heavy atom. The first-order valence-electron chi connectivity index (χ1n) is 6.16. The number of carbonyl (C=O) groups excluding carboxylic acids is 1. The molecule has 4 heteroatoms. The highest BCUT2D eigenvalue weighted by molar-refractivity contribution is 5.75. The molecule has 0 radical (unpaired) electrons. The van der Waals surface area contributed by atoms with Gasteiger partial charge in [-0.25, -0.2) is 5.84 Å². The first-order valence-corrected chi connectivity index (χ1v) is 6.16. The summed E-state index contributed by atoms with van der Waals surface area (Å²) in [5, 5.41) is 0. The normalized spacial score (nSPS) is 11.1. The highest BCUT2D eigenvalue weighted by Crippen LogP contribution is 2.24. The molecule has 0 atom stereocenters. The van der Waals surface area contributed by atoms with Crippen LogP contribution in [0.2, 0.25) is 0 Å². The number of benzene rings is 1. The molecule has 0 aliphatic carbocycles. The molecule has 0 aliphatic rings. The first kappa shape index (κ1) is 14.5. The number of nitrogens with two attached hydrogens (primary N) is 1. The molecule has 1 aromatic rings. The Kier molecular flexibility index (Phi) is 5.16. The molecule has 4 nitrogen and oxygen atoms in total. The largest absolute Gasteiger partial charge is 0.494 e. The molecular weight excluding hydrogens is 228 g/mol. The quantitative estimate of drug-likeness (QED) is 0.364. The van der Waals surface area contributed by atoms with Gasteiger partial charge in [0.15, 0.2) is 0 Å². The van der Waals surface area contributed by atoms with Crippen LogP contribution in [0.1, 0.15) is 39.2 Å². The third kappa shape index (κ3) is 4.75. The van der Waals surface area contributed by atoms with Gasteiger partial charge >= 0.3 is 0 Å². The number of hydrazine groups is 1. The van der Waals surface area contributed by atoms with Crippen molar-refractivity contribution in [1.82, 2.24) is 5.43 Å². The van der Waals surface area contributed by atoms with E-state index in [9.17, 15) is 4.79 Å². The van der Waals surface area contributed by atoms with Crippen molar-refractivity contribution in [3.05, 3.63) is 29.8 Å². The van der Waals surface area contributed by atoms with Crippen LogP contribution in [0.25, 0.3) is 0 Å². The maximum atomic E-state index is 10.9. The van der Waals surface area contributed by atoms with Crippen LogP contribution in [0.3, 0.4) is 0 Å². The summed E-state index contributed by atoms with van der Waals surface area (Å²) in [7, 11) is 0. The number of ether oxygens (including phenoxy) is 1. The van der Waals surface area contributed by atoms with Gasteiger partial charge < -0.3 is 4.74 Å². The topological polar surface area (TPSA) is 64.3 Å². The molecule has 0 aromatic heterocycles. The van der Waals surface area contributed by atoms with Gasteiger partial charge in [0.2, 0.25) is 5.91 Å². The zero-order valence-corrected chi connectivity index (χ0v) is 11.3. The molecule has 0 unspecified atom stereocenters. The summed E-state index contributed by atoms with van der Waals surface area (Å²) >= 11 is 0. The molecule has 0 heterocycles. The Hall–Kier alpha value is -1.55. The zero-order chi connectivity index (χ0) is 13.6.